The summed E-state index contributed by atoms with van der Waals surface area (Å²) in [5.74, 6) is 0.241. The number of aromatic nitrogens is 4. The molecule has 0 spiro atoms. The lowest BCUT2D eigenvalue weighted by Gasteiger charge is -2.22. The molecule has 23 heteroatoms. The molecule has 300 valence electrons. The van der Waals surface area contributed by atoms with Gasteiger partial charge in [-0.15, -0.1) is 0 Å². The molecule has 4 aliphatic rings. The summed E-state index contributed by atoms with van der Waals surface area (Å²) in [6.07, 6.45) is 1.97. The van der Waals surface area contributed by atoms with Crippen molar-refractivity contribution < 1.29 is 28.8 Å². The van der Waals surface area contributed by atoms with Gasteiger partial charge < -0.3 is 39.7 Å². The lowest BCUT2D eigenvalue weighted by atomic mass is 10.2. The Morgan fingerprint density at radius 1 is 0.764 bits per heavy atom. The average molecular weight is 864 g/mol. The van der Waals surface area contributed by atoms with Gasteiger partial charge >= 0.3 is 11.4 Å². The number of thioether (sulfide) groups is 2. The van der Waals surface area contributed by atoms with Crippen molar-refractivity contribution in [1.29, 1.82) is 0 Å². The highest BCUT2D eigenvalue weighted by Gasteiger charge is 2.58. The number of fused-ring (bicyclic) bond motifs is 2. The van der Waals surface area contributed by atoms with E-state index in [1.807, 2.05) is 27.7 Å². The summed E-state index contributed by atoms with van der Waals surface area (Å²) in [6.45, 7) is 25.7. The Labute approximate surface area is 341 Å². The molecule has 2 aromatic heterocycles. The van der Waals surface area contributed by atoms with Crippen molar-refractivity contribution in [3.63, 3.8) is 0 Å². The summed E-state index contributed by atoms with van der Waals surface area (Å²) in [6, 6.07) is -0.920. The predicted octanol–water partition coefficient (Wildman–Crippen LogP) is 7.25. The molecule has 4 fully saturated rings. The van der Waals surface area contributed by atoms with Crippen LogP contribution < -0.4 is 11.1 Å². The minimum atomic E-state index is -0.810. The molecular formula is C32H41Cl3N10O8S2. The highest BCUT2D eigenvalue weighted by molar-refractivity contribution is 7.99. The Balaban J connectivity index is 0.000000202. The van der Waals surface area contributed by atoms with E-state index in [9.17, 15) is 20.2 Å². The maximum Gasteiger partial charge on any atom is 0.348 e. The minimum Gasteiger partial charge on any atom is -0.358 e. The van der Waals surface area contributed by atoms with Gasteiger partial charge in [0.05, 0.1) is 15.9 Å². The van der Waals surface area contributed by atoms with Crippen LogP contribution >= 0.6 is 58.3 Å². The normalized spacial score (nSPS) is 28.0. The monoisotopic (exact) mass is 862 g/mol. The molecule has 2 aliphatic heterocycles. The fourth-order valence-electron chi connectivity index (χ4n) is 6.24. The highest BCUT2D eigenvalue weighted by Crippen LogP contribution is 2.43. The van der Waals surface area contributed by atoms with Crippen LogP contribution in [0.4, 0.5) is 17.2 Å². The van der Waals surface area contributed by atoms with Gasteiger partial charge in [0.1, 0.15) is 12.2 Å². The molecule has 0 unspecified atom stereocenters. The molecule has 2 aliphatic carbocycles. The smallest absolute Gasteiger partial charge is 0.348 e. The molecule has 0 bridgehead atoms. The highest BCUT2D eigenvalue weighted by atomic mass is 35.5. The number of hydrogen-bond donors (Lipinski definition) is 2. The van der Waals surface area contributed by atoms with E-state index in [-0.39, 0.29) is 69.4 Å². The zero-order chi connectivity index (χ0) is 40.8. The molecular weight excluding hydrogens is 823 g/mol. The summed E-state index contributed by atoms with van der Waals surface area (Å²) < 4.78 is 23.0. The maximum absolute atomic E-state index is 11.5. The molecule has 2 saturated carbocycles. The molecule has 18 nitrogen and oxygen atoms in total. The summed E-state index contributed by atoms with van der Waals surface area (Å²) in [4.78, 5) is 43.7. The number of halogens is 3. The van der Waals surface area contributed by atoms with Gasteiger partial charge in [-0.25, -0.2) is 28.1 Å². The van der Waals surface area contributed by atoms with Crippen LogP contribution in [0.25, 0.3) is 9.69 Å². The van der Waals surface area contributed by atoms with Crippen molar-refractivity contribution in [2.45, 2.75) is 138 Å². The molecule has 0 amide bonds. The second kappa shape index (κ2) is 19.0. The summed E-state index contributed by atoms with van der Waals surface area (Å²) in [5, 5.41) is 25.2. The van der Waals surface area contributed by atoms with Crippen LogP contribution in [0.5, 0.6) is 0 Å². The fourth-order valence-corrected chi connectivity index (χ4v) is 8.55. The number of ether oxygens (including phenoxy) is 4. The number of anilines is 1. The first kappa shape index (κ1) is 44.8. The second-order valence-corrected chi connectivity index (χ2v) is 16.7. The first-order valence-corrected chi connectivity index (χ1v) is 20.3. The zero-order valence-electron chi connectivity index (χ0n) is 30.7. The third kappa shape index (κ3) is 11.2. The van der Waals surface area contributed by atoms with Gasteiger partial charge in [0.25, 0.3) is 12.1 Å². The van der Waals surface area contributed by atoms with Crippen LogP contribution in [0, 0.1) is 33.4 Å². The standard InChI is InChI=1S/C16H20ClN5O4S.C9H14N2O2.C7H7Cl2N3O2S/c1-5-6-27-15-20-13(17)10(22(23)24)14(21-15)19-9-7-8(18-4)11-12(9)26-16(2,3)25-11;1-9(2)12-7-5(10)4-6(11-3)8(7)13-9;1-2-3-15-7-10-5(8)4(12(13)14)6(9)11-7/h8-9,11-12H,5-7H2,1-3H3,(H,19,20,21);5-8H,4,10H2,1-2H3;2-3H2,1H3/t8-,9+,11+,12-;5-,6+,7+,8-;/m01./s1. The van der Waals surface area contributed by atoms with E-state index in [1.54, 1.807) is 13.8 Å². The van der Waals surface area contributed by atoms with Crippen molar-refractivity contribution in [3.8, 4) is 0 Å². The maximum atomic E-state index is 11.5. The Hall–Kier alpha value is -2.89. The topological polar surface area (TPSA) is 222 Å². The third-order valence-corrected chi connectivity index (χ3v) is 11.3. The molecule has 3 N–H and O–H groups in total. The number of nitrogens with zero attached hydrogens (tertiary/aromatic N) is 8. The molecule has 8 atom stereocenters. The number of nitrogens with one attached hydrogen (secondary N) is 1. The van der Waals surface area contributed by atoms with Crippen molar-refractivity contribution in [1.82, 2.24) is 19.9 Å². The lowest BCUT2D eigenvalue weighted by molar-refractivity contribution is -0.385. The van der Waals surface area contributed by atoms with Gasteiger partial charge in [0.15, 0.2) is 34.1 Å². The largest absolute Gasteiger partial charge is 0.358 e. The van der Waals surface area contributed by atoms with Crippen LogP contribution in [0.15, 0.2) is 10.3 Å². The Kier molecular flexibility index (Phi) is 15.5. The SMILES string of the molecule is CCCSc1nc(Cl)c([N+](=O)[O-])c(Cl)n1.[C-]#[N+][C@H]1C[C@@H](N)[C@@H]2OC(C)(C)O[C@@H]21.[C-]#[N+][C@H]1C[C@@H](Nc2nc(SCCC)nc(Cl)c2[N+](=O)[O-])[C@@H]2OC(C)(C)O[C@@H]21. The summed E-state index contributed by atoms with van der Waals surface area (Å²) in [5.41, 5.74) is 5.04. The number of nitrogens with two attached hydrogens (primary N) is 1. The van der Waals surface area contributed by atoms with Gasteiger partial charge in [-0.05, 0) is 40.5 Å². The molecule has 0 radical (unpaired) electrons. The molecule has 2 saturated heterocycles. The van der Waals surface area contributed by atoms with E-state index in [0.29, 0.717) is 23.2 Å². The van der Waals surface area contributed by atoms with Crippen LogP contribution in [0.2, 0.25) is 15.5 Å². The van der Waals surface area contributed by atoms with Crippen LogP contribution in [0.1, 0.15) is 67.2 Å². The lowest BCUT2D eigenvalue weighted by Crippen LogP contribution is -2.35. The van der Waals surface area contributed by atoms with Crippen LogP contribution in [-0.4, -0.2) is 101 Å². The summed E-state index contributed by atoms with van der Waals surface area (Å²) in [7, 11) is 0. The van der Waals surface area contributed by atoms with E-state index in [2.05, 4.69) is 34.9 Å². The van der Waals surface area contributed by atoms with Gasteiger partial charge in [0.2, 0.25) is 21.3 Å². The van der Waals surface area contributed by atoms with Crippen LogP contribution in [-0.2, 0) is 18.9 Å². The number of rotatable bonds is 10. The van der Waals surface area contributed by atoms with Crippen molar-refractivity contribution in [3.05, 3.63) is 58.5 Å². The van der Waals surface area contributed by atoms with Crippen molar-refractivity contribution >= 4 is 75.5 Å². The molecule has 4 heterocycles. The van der Waals surface area contributed by atoms with Gasteiger partial charge in [-0.3, -0.25) is 20.2 Å². The average Bonchev–Trinajstić information content (AvgIpc) is 3.78. The Morgan fingerprint density at radius 3 is 1.65 bits per heavy atom. The summed E-state index contributed by atoms with van der Waals surface area (Å²) >= 11 is 20.0. The first-order valence-electron chi connectivity index (χ1n) is 17.2. The number of hydrogen-bond acceptors (Lipinski definition) is 16. The van der Waals surface area contributed by atoms with Gasteiger partial charge in [0, 0.05) is 30.4 Å². The molecule has 2 aromatic rings. The van der Waals surface area contributed by atoms with E-state index < -0.39 is 33.2 Å². The molecule has 6 rings (SSSR count). The van der Waals surface area contributed by atoms with Crippen molar-refractivity contribution in [2.24, 2.45) is 5.73 Å². The van der Waals surface area contributed by atoms with E-state index >= 15 is 0 Å². The van der Waals surface area contributed by atoms with Gasteiger partial charge in [-0.1, -0.05) is 72.2 Å². The van der Waals surface area contributed by atoms with Gasteiger partial charge in [-0.2, -0.15) is 4.98 Å². The fraction of sp³-hybridized carbons (Fsp3) is 0.688. The van der Waals surface area contributed by atoms with E-state index in [1.165, 1.54) is 23.5 Å². The van der Waals surface area contributed by atoms with Crippen LogP contribution in [0.3, 0.4) is 0 Å². The quantitative estimate of drug-likeness (QED) is 0.0599. The van der Waals surface area contributed by atoms with Crippen molar-refractivity contribution in [2.75, 3.05) is 16.8 Å². The first-order chi connectivity index (χ1) is 25.8. The molecule has 55 heavy (non-hydrogen) atoms. The van der Waals surface area contributed by atoms with E-state index in [0.717, 1.165) is 24.3 Å². The molecule has 0 aromatic carbocycles. The third-order valence-electron chi connectivity index (χ3n) is 8.40. The predicted molar refractivity (Wildman–Crippen MR) is 207 cm³/mol. The zero-order valence-corrected chi connectivity index (χ0v) is 34.6. The minimum absolute atomic E-state index is 0.0429. The Bertz CT molecular complexity index is 1800. The number of nitro groups is 2. The Morgan fingerprint density at radius 2 is 1.18 bits per heavy atom. The second-order valence-electron chi connectivity index (χ2n) is 13.6. The van der Waals surface area contributed by atoms with E-state index in [4.69, 9.17) is 72.6 Å².